The topological polar surface area (TPSA) is 51.1 Å². The summed E-state index contributed by atoms with van der Waals surface area (Å²) in [5, 5.41) is 4.48. The smallest absolute Gasteiger partial charge is 0.152 e. The maximum Gasteiger partial charge on any atom is 0.152 e. The van der Waals surface area contributed by atoms with Gasteiger partial charge in [-0.05, 0) is 30.5 Å². The molecule has 4 nitrogen and oxygen atoms in total. The molecule has 0 saturated heterocycles. The molecule has 0 atom stereocenters. The lowest BCUT2D eigenvalue weighted by atomic mass is 10.2. The predicted molar refractivity (Wildman–Crippen MR) is 88.3 cm³/mol. The summed E-state index contributed by atoms with van der Waals surface area (Å²) in [5.74, 6) is 0.480. The van der Waals surface area contributed by atoms with E-state index in [1.54, 1.807) is 0 Å². The Morgan fingerprint density at radius 2 is 1.90 bits per heavy atom. The highest BCUT2D eigenvalue weighted by molar-refractivity contribution is 7.91. The third kappa shape index (κ3) is 4.08. The van der Waals surface area contributed by atoms with E-state index in [2.05, 4.69) is 35.0 Å². The minimum absolute atomic E-state index is 0.207. The highest BCUT2D eigenvalue weighted by Gasteiger charge is 2.13. The van der Waals surface area contributed by atoms with Crippen molar-refractivity contribution in [1.82, 2.24) is 9.88 Å². The summed E-state index contributed by atoms with van der Waals surface area (Å²) in [6, 6.07) is 10.3. The number of aromatic nitrogens is 1. The Morgan fingerprint density at radius 3 is 2.62 bits per heavy atom. The minimum atomic E-state index is -2.95. The summed E-state index contributed by atoms with van der Waals surface area (Å²) in [6.45, 7) is 6.16. The van der Waals surface area contributed by atoms with Gasteiger partial charge in [-0.2, -0.15) is 0 Å². The molecule has 1 aromatic heterocycles. The van der Waals surface area contributed by atoms with Crippen LogP contribution in [-0.2, 0) is 22.9 Å². The van der Waals surface area contributed by atoms with Crippen LogP contribution >= 0.6 is 0 Å². The Hall–Kier alpha value is -1.33. The summed E-state index contributed by atoms with van der Waals surface area (Å²) in [7, 11) is -2.95. The van der Waals surface area contributed by atoms with Gasteiger partial charge in [0.05, 0.1) is 5.75 Å². The molecule has 0 fully saturated rings. The van der Waals surface area contributed by atoms with E-state index in [0.717, 1.165) is 24.3 Å². The van der Waals surface area contributed by atoms with Gasteiger partial charge >= 0.3 is 0 Å². The van der Waals surface area contributed by atoms with Crippen LogP contribution in [0.1, 0.15) is 26.0 Å². The SMILES string of the molecule is CCCS(=O)(=O)CCn1c(CNCC)cc2ccccc21. The Morgan fingerprint density at radius 1 is 1.14 bits per heavy atom. The van der Waals surface area contributed by atoms with Crippen LogP contribution < -0.4 is 5.32 Å². The van der Waals surface area contributed by atoms with Gasteiger partial charge in [0, 0.05) is 30.1 Å². The number of aryl methyl sites for hydroxylation is 1. The highest BCUT2D eigenvalue weighted by atomic mass is 32.2. The number of rotatable bonds is 8. The van der Waals surface area contributed by atoms with Crippen LogP contribution in [0, 0.1) is 0 Å². The number of para-hydroxylation sites is 1. The average molecular weight is 308 g/mol. The number of hydrogen-bond donors (Lipinski definition) is 1. The van der Waals surface area contributed by atoms with E-state index in [1.165, 1.54) is 5.39 Å². The Kier molecular flexibility index (Phi) is 5.42. The number of fused-ring (bicyclic) bond motifs is 1. The molecule has 5 heteroatoms. The standard InChI is InChI=1S/C16H24N2O2S/c1-3-10-21(19,20)11-9-18-15(13-17-4-2)12-14-7-5-6-8-16(14)18/h5-8,12,17H,3-4,9-11,13H2,1-2H3. The monoisotopic (exact) mass is 308 g/mol. The lowest BCUT2D eigenvalue weighted by molar-refractivity contribution is 0.585. The third-order valence-corrected chi connectivity index (χ3v) is 5.43. The molecule has 1 N–H and O–H groups in total. The van der Waals surface area contributed by atoms with Crippen LogP contribution in [0.15, 0.2) is 30.3 Å². The number of nitrogens with one attached hydrogen (secondary N) is 1. The summed E-state index contributed by atoms with van der Waals surface area (Å²) in [6.07, 6.45) is 0.680. The van der Waals surface area contributed by atoms with Crippen molar-refractivity contribution in [3.63, 3.8) is 0 Å². The molecule has 0 spiro atoms. The van der Waals surface area contributed by atoms with Gasteiger partial charge < -0.3 is 9.88 Å². The van der Waals surface area contributed by atoms with Gasteiger partial charge in [-0.15, -0.1) is 0 Å². The van der Waals surface area contributed by atoms with Gasteiger partial charge in [0.2, 0.25) is 0 Å². The van der Waals surface area contributed by atoms with Crippen molar-refractivity contribution in [2.45, 2.75) is 33.4 Å². The maximum absolute atomic E-state index is 12.0. The Bertz CT molecular complexity index is 689. The molecule has 2 aromatic rings. The Balaban J connectivity index is 2.27. The van der Waals surface area contributed by atoms with Crippen LogP contribution in [-0.4, -0.2) is 31.0 Å². The lowest BCUT2D eigenvalue weighted by Crippen LogP contribution is -2.19. The van der Waals surface area contributed by atoms with E-state index in [4.69, 9.17) is 0 Å². The largest absolute Gasteiger partial charge is 0.342 e. The highest BCUT2D eigenvalue weighted by Crippen LogP contribution is 2.20. The fourth-order valence-corrected chi connectivity index (χ4v) is 3.86. The van der Waals surface area contributed by atoms with Gasteiger partial charge in [0.15, 0.2) is 9.84 Å². The quantitative estimate of drug-likeness (QED) is 0.815. The first-order chi connectivity index (χ1) is 10.1. The van der Waals surface area contributed by atoms with Crippen LogP contribution in [0.4, 0.5) is 0 Å². The van der Waals surface area contributed by atoms with Crippen molar-refractivity contribution in [3.8, 4) is 0 Å². The van der Waals surface area contributed by atoms with E-state index in [9.17, 15) is 8.42 Å². The molecule has 1 aromatic carbocycles. The normalized spacial score (nSPS) is 12.1. The minimum Gasteiger partial charge on any atom is -0.342 e. The summed E-state index contributed by atoms with van der Waals surface area (Å²) >= 11 is 0. The second kappa shape index (κ2) is 7.09. The zero-order valence-corrected chi connectivity index (χ0v) is 13.6. The molecule has 21 heavy (non-hydrogen) atoms. The molecule has 1 heterocycles. The van der Waals surface area contributed by atoms with Crippen molar-refractivity contribution in [2.75, 3.05) is 18.1 Å². The van der Waals surface area contributed by atoms with Crippen molar-refractivity contribution < 1.29 is 8.42 Å². The fraction of sp³-hybridized carbons (Fsp3) is 0.500. The summed E-state index contributed by atoms with van der Waals surface area (Å²) in [4.78, 5) is 0. The van der Waals surface area contributed by atoms with E-state index in [1.807, 2.05) is 19.1 Å². The van der Waals surface area contributed by atoms with E-state index >= 15 is 0 Å². The van der Waals surface area contributed by atoms with E-state index in [-0.39, 0.29) is 11.5 Å². The van der Waals surface area contributed by atoms with E-state index < -0.39 is 9.84 Å². The zero-order valence-electron chi connectivity index (χ0n) is 12.8. The number of sulfone groups is 1. The molecule has 0 amide bonds. The molecule has 0 aliphatic heterocycles. The first kappa shape index (κ1) is 16.0. The number of nitrogens with zero attached hydrogens (tertiary/aromatic N) is 1. The first-order valence-corrected chi connectivity index (χ1v) is 9.38. The van der Waals surface area contributed by atoms with Gasteiger partial charge in [-0.25, -0.2) is 8.42 Å². The fourth-order valence-electron chi connectivity index (χ4n) is 2.57. The van der Waals surface area contributed by atoms with E-state index in [0.29, 0.717) is 13.0 Å². The molecule has 0 saturated carbocycles. The molecule has 2 rings (SSSR count). The van der Waals surface area contributed by atoms with Gasteiger partial charge in [0.1, 0.15) is 0 Å². The number of hydrogen-bond acceptors (Lipinski definition) is 3. The number of benzene rings is 1. The van der Waals surface area contributed by atoms with Crippen molar-refractivity contribution in [3.05, 3.63) is 36.0 Å². The predicted octanol–water partition coefficient (Wildman–Crippen LogP) is 2.58. The van der Waals surface area contributed by atoms with Crippen LogP contribution in [0.2, 0.25) is 0 Å². The second-order valence-corrected chi connectivity index (χ2v) is 7.58. The molecule has 0 unspecified atom stereocenters. The van der Waals surface area contributed by atoms with Crippen molar-refractivity contribution >= 4 is 20.7 Å². The first-order valence-electron chi connectivity index (χ1n) is 7.55. The van der Waals surface area contributed by atoms with Crippen LogP contribution in [0.5, 0.6) is 0 Å². The maximum atomic E-state index is 12.0. The summed E-state index contributed by atoms with van der Waals surface area (Å²) in [5.41, 5.74) is 2.25. The summed E-state index contributed by atoms with van der Waals surface area (Å²) < 4.78 is 26.0. The molecule has 0 bridgehead atoms. The molecular formula is C16H24N2O2S. The van der Waals surface area contributed by atoms with Crippen molar-refractivity contribution in [1.29, 1.82) is 0 Å². The Labute approximate surface area is 127 Å². The zero-order chi connectivity index (χ0) is 15.3. The molecule has 116 valence electrons. The van der Waals surface area contributed by atoms with Crippen molar-refractivity contribution in [2.24, 2.45) is 0 Å². The second-order valence-electron chi connectivity index (χ2n) is 5.28. The van der Waals surface area contributed by atoms with Gasteiger partial charge in [-0.1, -0.05) is 32.0 Å². The van der Waals surface area contributed by atoms with Crippen LogP contribution in [0.25, 0.3) is 10.9 Å². The third-order valence-electron chi connectivity index (χ3n) is 3.59. The average Bonchev–Trinajstić information content (AvgIpc) is 2.80. The van der Waals surface area contributed by atoms with Gasteiger partial charge in [-0.3, -0.25) is 0 Å². The molecule has 0 radical (unpaired) electrons. The van der Waals surface area contributed by atoms with Crippen LogP contribution in [0.3, 0.4) is 0 Å². The molecular weight excluding hydrogens is 284 g/mol. The lowest BCUT2D eigenvalue weighted by Gasteiger charge is -2.11. The molecule has 0 aliphatic carbocycles. The van der Waals surface area contributed by atoms with Gasteiger partial charge in [0.25, 0.3) is 0 Å². The molecule has 0 aliphatic rings.